The number of hydrogen-bond donors (Lipinski definition) is 1. The summed E-state index contributed by atoms with van der Waals surface area (Å²) in [5.41, 5.74) is 5.60. The number of halogens is 1. The Kier molecular flexibility index (Phi) is 4.18. The molecule has 0 amide bonds. The third-order valence-electron chi connectivity index (χ3n) is 4.92. The molecule has 100 valence electrons. The van der Waals surface area contributed by atoms with Gasteiger partial charge >= 0.3 is 0 Å². The Balaban J connectivity index is 0.00000120. The van der Waals surface area contributed by atoms with Crippen LogP contribution >= 0.6 is 0 Å². The summed E-state index contributed by atoms with van der Waals surface area (Å²) in [6.45, 7) is 1.07. The minimum atomic E-state index is 0. The molecule has 3 heteroatoms. The number of quaternary nitrogens is 1. The van der Waals surface area contributed by atoms with Crippen molar-refractivity contribution in [1.29, 1.82) is 0 Å². The van der Waals surface area contributed by atoms with E-state index < -0.39 is 0 Å². The van der Waals surface area contributed by atoms with E-state index in [0.29, 0.717) is 5.92 Å². The van der Waals surface area contributed by atoms with Crippen molar-refractivity contribution >= 4 is 0 Å². The third kappa shape index (κ3) is 2.02. The van der Waals surface area contributed by atoms with Crippen LogP contribution in [0.4, 0.5) is 0 Å². The van der Waals surface area contributed by atoms with E-state index in [4.69, 9.17) is 4.74 Å². The molecule has 2 fully saturated rings. The third-order valence-corrected chi connectivity index (χ3v) is 4.92. The Morgan fingerprint density at radius 2 is 1.94 bits per heavy atom. The van der Waals surface area contributed by atoms with E-state index in [2.05, 4.69) is 30.0 Å². The standard InChI is InChI=1S/C15H21NO.ClH/c1-17-14-5-3-2-4-12(14)15-11-7-6-10(8-11)13(15)9-16;/h2-5,10-11,13,15H,6-9,16H2,1H3;1H/t10-,11+,13+,15-;/m1./s1. The van der Waals surface area contributed by atoms with Gasteiger partial charge in [0.1, 0.15) is 5.75 Å². The van der Waals surface area contributed by atoms with E-state index in [9.17, 15) is 0 Å². The molecule has 18 heavy (non-hydrogen) atoms. The predicted molar refractivity (Wildman–Crippen MR) is 67.8 cm³/mol. The van der Waals surface area contributed by atoms with Crippen LogP contribution in [-0.4, -0.2) is 13.7 Å². The van der Waals surface area contributed by atoms with Crippen LogP contribution in [0.1, 0.15) is 30.7 Å². The Bertz CT molecular complexity index is 409. The van der Waals surface area contributed by atoms with Crippen molar-refractivity contribution in [2.24, 2.45) is 17.8 Å². The van der Waals surface area contributed by atoms with Gasteiger partial charge < -0.3 is 22.9 Å². The van der Waals surface area contributed by atoms with E-state index in [1.807, 2.05) is 0 Å². The first-order valence-electron chi connectivity index (χ1n) is 6.77. The van der Waals surface area contributed by atoms with Crippen LogP contribution in [0.2, 0.25) is 0 Å². The lowest BCUT2D eigenvalue weighted by Gasteiger charge is -2.30. The quantitative estimate of drug-likeness (QED) is 0.755. The lowest BCUT2D eigenvalue weighted by atomic mass is 9.75. The fourth-order valence-corrected chi connectivity index (χ4v) is 4.25. The van der Waals surface area contributed by atoms with Crippen molar-refractivity contribution in [2.45, 2.75) is 25.2 Å². The number of para-hydroxylation sites is 1. The number of ether oxygens (including phenoxy) is 1. The highest BCUT2D eigenvalue weighted by Gasteiger charge is 2.48. The summed E-state index contributed by atoms with van der Waals surface area (Å²) in [6.07, 6.45) is 4.25. The van der Waals surface area contributed by atoms with Gasteiger partial charge in [-0.05, 0) is 48.6 Å². The van der Waals surface area contributed by atoms with Crippen molar-refractivity contribution in [3.63, 3.8) is 0 Å². The van der Waals surface area contributed by atoms with Crippen molar-refractivity contribution < 1.29 is 22.9 Å². The zero-order chi connectivity index (χ0) is 11.8. The summed E-state index contributed by atoms with van der Waals surface area (Å²) < 4.78 is 5.54. The molecule has 4 atom stereocenters. The number of fused-ring (bicyclic) bond motifs is 2. The van der Waals surface area contributed by atoms with Crippen LogP contribution in [0.3, 0.4) is 0 Å². The molecule has 0 spiro atoms. The van der Waals surface area contributed by atoms with Crippen LogP contribution in [0.5, 0.6) is 5.75 Å². The van der Waals surface area contributed by atoms with Crippen molar-refractivity contribution in [2.75, 3.05) is 13.7 Å². The Morgan fingerprint density at radius 1 is 1.22 bits per heavy atom. The second-order valence-electron chi connectivity index (χ2n) is 5.55. The Hall–Kier alpha value is -0.730. The molecular formula is C15H22ClNO. The van der Waals surface area contributed by atoms with Gasteiger partial charge in [-0.1, -0.05) is 18.2 Å². The summed E-state index contributed by atoms with van der Waals surface area (Å²) in [4.78, 5) is 0. The highest BCUT2D eigenvalue weighted by molar-refractivity contribution is 5.38. The van der Waals surface area contributed by atoms with Gasteiger partial charge in [0.05, 0.1) is 13.7 Å². The molecule has 0 unspecified atom stereocenters. The summed E-state index contributed by atoms with van der Waals surface area (Å²) in [5.74, 6) is 4.35. The maximum absolute atomic E-state index is 5.54. The van der Waals surface area contributed by atoms with E-state index in [1.54, 1.807) is 7.11 Å². The highest BCUT2D eigenvalue weighted by Crippen LogP contribution is 2.57. The van der Waals surface area contributed by atoms with Gasteiger partial charge in [0.2, 0.25) is 0 Å². The van der Waals surface area contributed by atoms with Gasteiger partial charge in [0.25, 0.3) is 0 Å². The van der Waals surface area contributed by atoms with Gasteiger partial charge in [-0.2, -0.15) is 0 Å². The molecule has 0 saturated heterocycles. The van der Waals surface area contributed by atoms with E-state index in [1.165, 1.54) is 24.8 Å². The number of benzene rings is 1. The molecule has 2 saturated carbocycles. The summed E-state index contributed by atoms with van der Waals surface area (Å²) in [7, 11) is 1.78. The lowest BCUT2D eigenvalue weighted by Crippen LogP contribution is -3.00. The number of rotatable bonds is 3. The Labute approximate surface area is 115 Å². The molecule has 1 aromatic carbocycles. The van der Waals surface area contributed by atoms with Crippen LogP contribution in [0.25, 0.3) is 0 Å². The molecule has 0 aromatic heterocycles. The molecule has 0 heterocycles. The summed E-state index contributed by atoms with van der Waals surface area (Å²) >= 11 is 0. The smallest absolute Gasteiger partial charge is 0.122 e. The van der Waals surface area contributed by atoms with Gasteiger partial charge in [-0.25, -0.2) is 0 Å². The predicted octanol–water partition coefficient (Wildman–Crippen LogP) is -0.929. The normalized spacial score (nSPS) is 33.2. The minimum absolute atomic E-state index is 0. The molecule has 3 rings (SSSR count). The zero-order valence-electron chi connectivity index (χ0n) is 10.9. The molecule has 3 N–H and O–H groups in total. The van der Waals surface area contributed by atoms with Gasteiger partial charge in [0.15, 0.2) is 0 Å². The fourth-order valence-electron chi connectivity index (χ4n) is 4.25. The second kappa shape index (κ2) is 5.50. The molecule has 2 bridgehead atoms. The van der Waals surface area contributed by atoms with Crippen molar-refractivity contribution in [3.8, 4) is 5.75 Å². The van der Waals surface area contributed by atoms with Crippen LogP contribution in [0.15, 0.2) is 24.3 Å². The number of methoxy groups -OCH3 is 1. The molecule has 2 aliphatic carbocycles. The first-order chi connectivity index (χ1) is 8.35. The Morgan fingerprint density at radius 3 is 2.67 bits per heavy atom. The summed E-state index contributed by atoms with van der Waals surface area (Å²) in [5, 5.41) is 0. The topological polar surface area (TPSA) is 36.9 Å². The maximum Gasteiger partial charge on any atom is 0.122 e. The molecule has 0 radical (unpaired) electrons. The van der Waals surface area contributed by atoms with E-state index in [0.717, 1.165) is 30.0 Å². The maximum atomic E-state index is 5.54. The van der Waals surface area contributed by atoms with Crippen molar-refractivity contribution in [3.05, 3.63) is 29.8 Å². The van der Waals surface area contributed by atoms with Gasteiger partial charge in [0, 0.05) is 5.92 Å². The lowest BCUT2D eigenvalue weighted by molar-refractivity contribution is -0.382. The zero-order valence-corrected chi connectivity index (χ0v) is 11.7. The van der Waals surface area contributed by atoms with Crippen LogP contribution < -0.4 is 22.9 Å². The average molecular weight is 268 g/mol. The van der Waals surface area contributed by atoms with E-state index in [-0.39, 0.29) is 12.4 Å². The molecule has 2 aliphatic rings. The van der Waals surface area contributed by atoms with Gasteiger partial charge in [-0.15, -0.1) is 0 Å². The van der Waals surface area contributed by atoms with Crippen molar-refractivity contribution in [1.82, 2.24) is 0 Å². The minimum Gasteiger partial charge on any atom is -1.00 e. The second-order valence-corrected chi connectivity index (χ2v) is 5.55. The first kappa shape index (κ1) is 13.7. The molecule has 1 aromatic rings. The van der Waals surface area contributed by atoms with E-state index >= 15 is 0 Å². The highest BCUT2D eigenvalue weighted by atomic mass is 35.5. The average Bonchev–Trinajstić information content (AvgIpc) is 2.98. The fraction of sp³-hybridized carbons (Fsp3) is 0.600. The van der Waals surface area contributed by atoms with Crippen LogP contribution in [-0.2, 0) is 0 Å². The van der Waals surface area contributed by atoms with Gasteiger partial charge in [-0.3, -0.25) is 0 Å². The molecule has 0 aliphatic heterocycles. The van der Waals surface area contributed by atoms with Crippen LogP contribution in [0, 0.1) is 17.8 Å². The number of hydrogen-bond acceptors (Lipinski definition) is 1. The largest absolute Gasteiger partial charge is 1.00 e. The SMILES string of the molecule is COc1ccccc1[C@H]1[C@H]2CC[C@H](C2)[C@@H]1C[NH3+].[Cl-]. The summed E-state index contributed by atoms with van der Waals surface area (Å²) in [6, 6.07) is 8.56. The molecule has 2 nitrogen and oxygen atoms in total. The molecular weight excluding hydrogens is 246 g/mol. The monoisotopic (exact) mass is 267 g/mol. The first-order valence-corrected chi connectivity index (χ1v) is 6.77.